The van der Waals surface area contributed by atoms with E-state index >= 15 is 0 Å². The topological polar surface area (TPSA) is 115 Å². The van der Waals surface area contributed by atoms with Gasteiger partial charge < -0.3 is 5.32 Å². The Hall–Kier alpha value is -3.79. The molecule has 0 saturated carbocycles. The highest BCUT2D eigenvalue weighted by molar-refractivity contribution is 7.98. The summed E-state index contributed by atoms with van der Waals surface area (Å²) < 4.78 is 1.70. The molecule has 0 radical (unpaired) electrons. The summed E-state index contributed by atoms with van der Waals surface area (Å²) in [6.45, 7) is 3.86. The van der Waals surface area contributed by atoms with Crippen molar-refractivity contribution in [3.8, 4) is 0 Å². The lowest BCUT2D eigenvalue weighted by Gasteiger charge is -2.09. The molecule has 0 atom stereocenters. The molecule has 2 aromatic heterocycles. The number of carbonyl (C=O) groups is 1. The number of aryl methyl sites for hydroxylation is 2. The molecule has 10 heteroatoms. The lowest BCUT2D eigenvalue weighted by molar-refractivity contribution is -0.384. The van der Waals surface area contributed by atoms with Gasteiger partial charge in [-0.3, -0.25) is 14.9 Å². The third-order valence-electron chi connectivity index (χ3n) is 4.55. The molecular weight excluding hydrogens is 416 g/mol. The first-order valence-electron chi connectivity index (χ1n) is 9.38. The molecule has 4 rings (SSSR count). The molecule has 2 heterocycles. The average molecular weight is 434 g/mol. The van der Waals surface area contributed by atoms with Crippen LogP contribution in [0.25, 0.3) is 5.78 Å². The molecule has 0 aliphatic rings. The van der Waals surface area contributed by atoms with Crippen molar-refractivity contribution in [2.45, 2.75) is 24.8 Å². The highest BCUT2D eigenvalue weighted by Crippen LogP contribution is 2.24. The number of aromatic nitrogens is 4. The van der Waals surface area contributed by atoms with Crippen molar-refractivity contribution in [2.24, 2.45) is 0 Å². The zero-order valence-electron chi connectivity index (χ0n) is 16.8. The van der Waals surface area contributed by atoms with Crippen molar-refractivity contribution in [1.82, 2.24) is 19.6 Å². The number of anilines is 1. The molecule has 9 nitrogen and oxygen atoms in total. The molecule has 0 fully saturated rings. The summed E-state index contributed by atoms with van der Waals surface area (Å²) in [6, 6.07) is 14.9. The number of carbonyl (C=O) groups excluding carboxylic acids is 1. The number of nitrogens with one attached hydrogen (secondary N) is 1. The number of benzene rings is 2. The van der Waals surface area contributed by atoms with Crippen LogP contribution in [0.1, 0.15) is 27.3 Å². The number of hydrogen-bond donors (Lipinski definition) is 1. The Morgan fingerprint density at radius 3 is 2.61 bits per heavy atom. The van der Waals surface area contributed by atoms with Crippen molar-refractivity contribution < 1.29 is 9.72 Å². The van der Waals surface area contributed by atoms with Crippen LogP contribution in [0, 0.1) is 24.0 Å². The molecule has 1 amide bonds. The maximum absolute atomic E-state index is 12.8. The summed E-state index contributed by atoms with van der Waals surface area (Å²) >= 11 is 1.42. The Bertz CT molecular complexity index is 1290. The number of rotatable bonds is 6. The van der Waals surface area contributed by atoms with Crippen LogP contribution in [0.2, 0.25) is 0 Å². The zero-order valence-corrected chi connectivity index (χ0v) is 17.6. The second kappa shape index (κ2) is 8.52. The van der Waals surface area contributed by atoms with Gasteiger partial charge in [0.05, 0.1) is 4.92 Å². The van der Waals surface area contributed by atoms with Crippen LogP contribution in [0.4, 0.5) is 11.4 Å². The summed E-state index contributed by atoms with van der Waals surface area (Å²) in [7, 11) is 0. The van der Waals surface area contributed by atoms with E-state index in [9.17, 15) is 14.9 Å². The third kappa shape index (κ3) is 4.53. The molecule has 0 unspecified atom stereocenters. The van der Waals surface area contributed by atoms with Gasteiger partial charge in [0.15, 0.2) is 0 Å². The van der Waals surface area contributed by atoms with Crippen LogP contribution in [0.3, 0.4) is 0 Å². The van der Waals surface area contributed by atoms with Crippen LogP contribution in [-0.2, 0) is 5.75 Å². The second-order valence-electron chi connectivity index (χ2n) is 6.85. The minimum atomic E-state index is -0.482. The van der Waals surface area contributed by atoms with E-state index in [0.29, 0.717) is 27.9 Å². The van der Waals surface area contributed by atoms with Crippen LogP contribution >= 0.6 is 11.8 Å². The molecule has 0 aliphatic carbocycles. The fourth-order valence-electron chi connectivity index (χ4n) is 3.08. The monoisotopic (exact) mass is 434 g/mol. The summed E-state index contributed by atoms with van der Waals surface area (Å²) in [6.07, 6.45) is 0. The number of hydrogen-bond acceptors (Lipinski definition) is 7. The highest BCUT2D eigenvalue weighted by atomic mass is 32.2. The summed E-state index contributed by atoms with van der Waals surface area (Å²) in [4.78, 5) is 31.9. The van der Waals surface area contributed by atoms with Gasteiger partial charge in [0, 0.05) is 40.5 Å². The van der Waals surface area contributed by atoms with Gasteiger partial charge in [0.1, 0.15) is 0 Å². The van der Waals surface area contributed by atoms with Crippen molar-refractivity contribution >= 4 is 34.8 Å². The van der Waals surface area contributed by atoms with Crippen LogP contribution in [-0.4, -0.2) is 30.4 Å². The number of amides is 1. The maximum atomic E-state index is 12.8. The van der Waals surface area contributed by atoms with E-state index in [4.69, 9.17) is 0 Å². The Labute approximate surface area is 181 Å². The van der Waals surface area contributed by atoms with Gasteiger partial charge in [0.2, 0.25) is 5.16 Å². The molecule has 0 saturated heterocycles. The predicted molar refractivity (Wildman–Crippen MR) is 117 cm³/mol. The van der Waals surface area contributed by atoms with Crippen molar-refractivity contribution in [3.63, 3.8) is 0 Å². The standard InChI is InChI=1S/C21H18N6O3S/c1-13-11-14(2)26-20(22-13)24-21(25-26)31-12-15-5-3-4-6-18(15)19(28)23-16-7-9-17(10-8-16)27(29)30/h3-11H,12H2,1-2H3,(H,23,28). The summed E-state index contributed by atoms with van der Waals surface area (Å²) in [5.74, 6) is 0.754. The molecule has 31 heavy (non-hydrogen) atoms. The van der Waals surface area contributed by atoms with Gasteiger partial charge in [-0.1, -0.05) is 30.0 Å². The second-order valence-corrected chi connectivity index (χ2v) is 7.79. The number of thioether (sulfide) groups is 1. The minimum absolute atomic E-state index is 0.0327. The molecular formula is C21H18N6O3S. The van der Waals surface area contributed by atoms with Gasteiger partial charge in [0.25, 0.3) is 17.4 Å². The van der Waals surface area contributed by atoms with E-state index in [-0.39, 0.29) is 11.6 Å². The van der Waals surface area contributed by atoms with E-state index in [2.05, 4.69) is 20.4 Å². The Balaban J connectivity index is 1.50. The lowest BCUT2D eigenvalue weighted by Crippen LogP contribution is -2.14. The van der Waals surface area contributed by atoms with E-state index in [1.165, 1.54) is 36.0 Å². The van der Waals surface area contributed by atoms with Crippen molar-refractivity contribution in [2.75, 3.05) is 5.32 Å². The molecule has 0 bridgehead atoms. The fraction of sp³-hybridized carbons (Fsp3) is 0.143. The first kappa shape index (κ1) is 20.5. The maximum Gasteiger partial charge on any atom is 0.269 e. The third-order valence-corrected chi connectivity index (χ3v) is 5.44. The quantitative estimate of drug-likeness (QED) is 0.275. The fourth-order valence-corrected chi connectivity index (χ4v) is 3.91. The zero-order chi connectivity index (χ0) is 22.0. The van der Waals surface area contributed by atoms with Crippen LogP contribution in [0.15, 0.2) is 59.8 Å². The number of nitrogens with zero attached hydrogens (tertiary/aromatic N) is 5. The SMILES string of the molecule is Cc1cc(C)n2nc(SCc3ccccc3C(=O)Nc3ccc([N+](=O)[O-])cc3)nc2n1. The number of fused-ring (bicyclic) bond motifs is 1. The van der Waals surface area contributed by atoms with E-state index in [1.54, 1.807) is 16.6 Å². The first-order chi connectivity index (χ1) is 14.9. The minimum Gasteiger partial charge on any atom is -0.322 e. The number of non-ortho nitro benzene ring substituents is 1. The van der Waals surface area contributed by atoms with Gasteiger partial charge in [-0.05, 0) is 43.7 Å². The molecule has 1 N–H and O–H groups in total. The number of nitro groups is 1. The van der Waals surface area contributed by atoms with Crippen LogP contribution in [0.5, 0.6) is 0 Å². The van der Waals surface area contributed by atoms with E-state index in [1.807, 2.05) is 32.0 Å². The molecule has 0 aliphatic heterocycles. The molecule has 2 aromatic carbocycles. The Kier molecular flexibility index (Phi) is 5.63. The largest absolute Gasteiger partial charge is 0.322 e. The van der Waals surface area contributed by atoms with Crippen molar-refractivity contribution in [1.29, 1.82) is 0 Å². The first-order valence-corrected chi connectivity index (χ1v) is 10.4. The summed E-state index contributed by atoms with van der Waals surface area (Å²) in [5, 5.41) is 18.6. The normalized spacial score (nSPS) is 10.9. The molecule has 4 aromatic rings. The summed E-state index contributed by atoms with van der Waals surface area (Å²) in [5.41, 5.74) is 3.62. The Morgan fingerprint density at radius 1 is 1.13 bits per heavy atom. The number of nitro benzene ring substituents is 1. The predicted octanol–water partition coefficient (Wildman–Crippen LogP) is 4.19. The Morgan fingerprint density at radius 2 is 1.87 bits per heavy atom. The van der Waals surface area contributed by atoms with Gasteiger partial charge in [-0.25, -0.2) is 9.50 Å². The molecule has 156 valence electrons. The van der Waals surface area contributed by atoms with E-state index < -0.39 is 4.92 Å². The van der Waals surface area contributed by atoms with Gasteiger partial charge >= 0.3 is 0 Å². The van der Waals surface area contributed by atoms with E-state index in [0.717, 1.165) is 17.0 Å². The lowest BCUT2D eigenvalue weighted by atomic mass is 10.1. The van der Waals surface area contributed by atoms with Gasteiger partial charge in [-0.15, -0.1) is 5.10 Å². The van der Waals surface area contributed by atoms with Crippen molar-refractivity contribution in [3.05, 3.63) is 87.2 Å². The molecule has 0 spiro atoms. The average Bonchev–Trinajstić information content (AvgIpc) is 3.16. The van der Waals surface area contributed by atoms with Crippen LogP contribution < -0.4 is 5.32 Å². The smallest absolute Gasteiger partial charge is 0.269 e. The highest BCUT2D eigenvalue weighted by Gasteiger charge is 2.14. The van der Waals surface area contributed by atoms with Gasteiger partial charge in [-0.2, -0.15) is 4.98 Å².